The van der Waals surface area contributed by atoms with Gasteiger partial charge in [0.1, 0.15) is 0 Å². The molecule has 162 valence electrons. The molecule has 2 aromatic rings. The summed E-state index contributed by atoms with van der Waals surface area (Å²) in [5.41, 5.74) is 1.90. The fourth-order valence-corrected chi connectivity index (χ4v) is 3.83. The third-order valence-corrected chi connectivity index (χ3v) is 6.17. The fourth-order valence-electron chi connectivity index (χ4n) is 3.07. The molecule has 1 atom stereocenters. The number of hydrogen-bond donors (Lipinski definition) is 1. The van der Waals surface area contributed by atoms with E-state index in [1.54, 1.807) is 41.6 Å². The van der Waals surface area contributed by atoms with Crippen molar-refractivity contribution in [1.29, 1.82) is 0 Å². The van der Waals surface area contributed by atoms with E-state index in [2.05, 4.69) is 24.3 Å². The highest BCUT2D eigenvalue weighted by Gasteiger charge is 2.32. The van der Waals surface area contributed by atoms with Crippen LogP contribution in [0.15, 0.2) is 77.2 Å². The molecule has 2 aromatic carbocycles. The smallest absolute Gasteiger partial charge is 0.277 e. The molecule has 31 heavy (non-hydrogen) atoms. The number of halogens is 3. The summed E-state index contributed by atoms with van der Waals surface area (Å²) in [7, 11) is -2.39. The number of benzene rings is 2. The molecule has 0 aliphatic carbocycles. The van der Waals surface area contributed by atoms with Crippen LogP contribution < -0.4 is 5.14 Å². The molecule has 0 amide bonds. The van der Waals surface area contributed by atoms with Crippen molar-refractivity contribution in [2.24, 2.45) is 5.14 Å². The summed E-state index contributed by atoms with van der Waals surface area (Å²) >= 11 is 0. The van der Waals surface area contributed by atoms with Gasteiger partial charge in [0.15, 0.2) is 5.23 Å². The third kappa shape index (κ3) is 6.50. The number of hydrogen-bond acceptors (Lipinski definition) is 2. The summed E-state index contributed by atoms with van der Waals surface area (Å²) in [4.78, 5) is 11.6. The van der Waals surface area contributed by atoms with Crippen LogP contribution in [-0.2, 0) is 17.4 Å². The van der Waals surface area contributed by atoms with Crippen LogP contribution in [0.2, 0.25) is 0 Å². The molecule has 0 saturated carbocycles. The van der Waals surface area contributed by atoms with Crippen molar-refractivity contribution >= 4 is 20.5 Å². The molecule has 0 fully saturated rings. The Bertz CT molecular complexity index is 1200. The lowest BCUT2D eigenvalue weighted by atomic mass is 9.95. The number of nitrogens with two attached hydrogens (primary N) is 1. The van der Waals surface area contributed by atoms with E-state index >= 15 is 0 Å². The SMILES string of the molecule is C=C/C(C#Cc1cccc(S(=C)(N)=C=O)c1)=C(\CC)CCc1ccccc1C(F)(F)F. The van der Waals surface area contributed by atoms with Crippen molar-refractivity contribution in [2.75, 3.05) is 0 Å². The van der Waals surface area contributed by atoms with Gasteiger partial charge in [-0.05, 0) is 49.1 Å². The van der Waals surface area contributed by atoms with E-state index in [1.165, 1.54) is 12.1 Å². The van der Waals surface area contributed by atoms with Gasteiger partial charge in [-0.1, -0.05) is 76.5 Å². The van der Waals surface area contributed by atoms with Crippen molar-refractivity contribution in [3.8, 4) is 11.8 Å². The van der Waals surface area contributed by atoms with Gasteiger partial charge in [-0.3, -0.25) is 5.14 Å². The number of allylic oxidation sites excluding steroid dienone is 3. The van der Waals surface area contributed by atoms with Crippen molar-refractivity contribution < 1.29 is 18.0 Å². The van der Waals surface area contributed by atoms with Gasteiger partial charge < -0.3 is 0 Å². The van der Waals surface area contributed by atoms with Crippen molar-refractivity contribution in [3.63, 3.8) is 0 Å². The average molecular weight is 444 g/mol. The largest absolute Gasteiger partial charge is 0.416 e. The highest BCUT2D eigenvalue weighted by atomic mass is 32.2. The molecule has 2 nitrogen and oxygen atoms in total. The van der Waals surface area contributed by atoms with Crippen LogP contribution in [-0.4, -0.2) is 11.1 Å². The van der Waals surface area contributed by atoms with Crippen LogP contribution >= 0.6 is 9.39 Å². The maximum absolute atomic E-state index is 13.2. The van der Waals surface area contributed by atoms with Crippen LogP contribution in [0.1, 0.15) is 36.5 Å². The van der Waals surface area contributed by atoms with E-state index in [4.69, 9.17) is 5.14 Å². The van der Waals surface area contributed by atoms with Gasteiger partial charge in [-0.15, -0.1) is 0 Å². The van der Waals surface area contributed by atoms with Gasteiger partial charge in [-0.25, -0.2) is 4.79 Å². The molecular formula is C25H24F3NOS. The van der Waals surface area contributed by atoms with Crippen LogP contribution in [0.25, 0.3) is 0 Å². The zero-order valence-electron chi connectivity index (χ0n) is 17.3. The minimum Gasteiger partial charge on any atom is -0.277 e. The Hall–Kier alpha value is -2.97. The minimum atomic E-state index is -4.38. The third-order valence-electron chi connectivity index (χ3n) is 4.78. The Morgan fingerprint density at radius 1 is 1.19 bits per heavy atom. The highest BCUT2D eigenvalue weighted by molar-refractivity contribution is 8.26. The zero-order chi connectivity index (χ0) is 23.1. The predicted octanol–water partition coefficient (Wildman–Crippen LogP) is 6.12. The maximum Gasteiger partial charge on any atom is 0.416 e. The standard InChI is InChI=1S/C25H24F3NOS/c1-4-20(14-13-19-9-8-11-23(17-19)31(3,29)18-30)21(5-2)15-16-22-10-6-7-12-24(22)25(26,27)28/h4,6-12,17H,1,3,5,15-16,29H2,2H3/b21-20-. The first-order valence-electron chi connectivity index (χ1n) is 9.57. The molecule has 0 radical (unpaired) electrons. The number of aryl methyl sites for hydroxylation is 1. The van der Waals surface area contributed by atoms with Gasteiger partial charge >= 0.3 is 6.18 Å². The molecule has 6 heteroatoms. The van der Waals surface area contributed by atoms with E-state index in [1.807, 2.05) is 6.92 Å². The van der Waals surface area contributed by atoms with Crippen LogP contribution in [0.4, 0.5) is 13.2 Å². The molecule has 2 N–H and O–H groups in total. The van der Waals surface area contributed by atoms with Crippen molar-refractivity contribution in [3.05, 3.63) is 89.0 Å². The van der Waals surface area contributed by atoms with E-state index in [0.29, 0.717) is 28.9 Å². The molecule has 0 aromatic heterocycles. The van der Waals surface area contributed by atoms with Crippen LogP contribution in [0.3, 0.4) is 0 Å². The summed E-state index contributed by atoms with van der Waals surface area (Å²) in [5.74, 6) is 9.79. The van der Waals surface area contributed by atoms with E-state index in [0.717, 1.165) is 11.6 Å². The number of carbonyl (C=O) groups excluding carboxylic acids is 1. The lowest BCUT2D eigenvalue weighted by Gasteiger charge is -2.13. The van der Waals surface area contributed by atoms with Crippen molar-refractivity contribution in [1.82, 2.24) is 0 Å². The van der Waals surface area contributed by atoms with Crippen LogP contribution in [0, 0.1) is 11.8 Å². The lowest BCUT2D eigenvalue weighted by Crippen LogP contribution is -2.09. The Balaban J connectivity index is 2.34. The van der Waals surface area contributed by atoms with Gasteiger partial charge in [0.2, 0.25) is 0 Å². The Morgan fingerprint density at radius 3 is 2.52 bits per heavy atom. The first-order chi connectivity index (χ1) is 14.6. The topological polar surface area (TPSA) is 43.1 Å². The first kappa shape index (κ1) is 24.3. The van der Waals surface area contributed by atoms with E-state index < -0.39 is 21.1 Å². The predicted molar refractivity (Wildman–Crippen MR) is 123 cm³/mol. The zero-order valence-corrected chi connectivity index (χ0v) is 18.1. The molecule has 0 aliphatic rings. The fraction of sp³-hybridized carbons (Fsp3) is 0.200. The molecule has 0 bridgehead atoms. The van der Waals surface area contributed by atoms with E-state index in [-0.39, 0.29) is 12.0 Å². The lowest BCUT2D eigenvalue weighted by molar-refractivity contribution is -0.138. The summed E-state index contributed by atoms with van der Waals surface area (Å²) in [5, 5.41) is 7.67. The monoisotopic (exact) mass is 443 g/mol. The Kier molecular flexibility index (Phi) is 8.13. The van der Waals surface area contributed by atoms with Crippen molar-refractivity contribution in [2.45, 2.75) is 37.3 Å². The second-order valence-electron chi connectivity index (χ2n) is 6.88. The second-order valence-corrected chi connectivity index (χ2v) is 9.11. The Morgan fingerprint density at radius 2 is 1.90 bits per heavy atom. The van der Waals surface area contributed by atoms with Crippen LogP contribution in [0.5, 0.6) is 0 Å². The second kappa shape index (κ2) is 10.4. The normalized spacial score (nSPS) is 13.8. The summed E-state index contributed by atoms with van der Waals surface area (Å²) in [6.07, 6.45) is -1.44. The molecule has 0 saturated heterocycles. The highest BCUT2D eigenvalue weighted by Crippen LogP contribution is 2.33. The molecule has 0 aliphatic heterocycles. The molecule has 0 heterocycles. The molecule has 2 rings (SSSR count). The van der Waals surface area contributed by atoms with Gasteiger partial charge in [0.05, 0.1) is 5.56 Å². The quantitative estimate of drug-likeness (QED) is 0.332. The molecular weight excluding hydrogens is 419 g/mol. The molecule has 0 spiro atoms. The number of alkyl halides is 3. The van der Waals surface area contributed by atoms with E-state index in [9.17, 15) is 18.0 Å². The Labute approximate surface area is 181 Å². The summed E-state index contributed by atoms with van der Waals surface area (Å²) < 4.78 is 39.7. The first-order valence-corrected chi connectivity index (χ1v) is 11.4. The minimum absolute atomic E-state index is 0.253. The van der Waals surface area contributed by atoms with Gasteiger partial charge in [0, 0.05) is 16.0 Å². The number of rotatable bonds is 6. The average Bonchev–Trinajstić information content (AvgIpc) is 2.75. The maximum atomic E-state index is 13.2. The summed E-state index contributed by atoms with van der Waals surface area (Å²) in [6.45, 7) is 5.74. The van der Waals surface area contributed by atoms with Gasteiger partial charge in [0.25, 0.3) is 0 Å². The van der Waals surface area contributed by atoms with Gasteiger partial charge in [-0.2, -0.15) is 13.2 Å². The molecule has 1 unspecified atom stereocenters. The summed E-state index contributed by atoms with van der Waals surface area (Å²) in [6, 6.07) is 12.5.